The van der Waals surface area contributed by atoms with Crippen LogP contribution in [-0.4, -0.2) is 40.4 Å². The Balaban J connectivity index is 0.00000131. The first kappa shape index (κ1) is 21.7. The summed E-state index contributed by atoms with van der Waals surface area (Å²) in [7, 11) is 3.99. The average Bonchev–Trinajstić information content (AvgIpc) is 2.88. The topological polar surface area (TPSA) is 70.9 Å². The van der Waals surface area contributed by atoms with Gasteiger partial charge >= 0.3 is 0 Å². The number of nitrogens with zero attached hydrogens (tertiary/aromatic N) is 5. The molecule has 2 aliphatic rings. The lowest BCUT2D eigenvalue weighted by molar-refractivity contribution is 0.581. The second kappa shape index (κ2) is 9.57. The third-order valence-electron chi connectivity index (χ3n) is 4.95. The first-order valence-corrected chi connectivity index (χ1v) is 9.28. The van der Waals surface area contributed by atoms with E-state index in [0.717, 1.165) is 56.4 Å². The Morgan fingerprint density at radius 2 is 1.96 bits per heavy atom. The minimum atomic E-state index is 0. The van der Waals surface area contributed by atoms with Crippen molar-refractivity contribution in [2.24, 2.45) is 0 Å². The van der Waals surface area contributed by atoms with Crippen LogP contribution in [0, 0.1) is 0 Å². The van der Waals surface area contributed by atoms with Gasteiger partial charge in [-0.2, -0.15) is 10.1 Å². The molecule has 7 nitrogen and oxygen atoms in total. The molecule has 0 bridgehead atoms. The van der Waals surface area contributed by atoms with Crippen molar-refractivity contribution in [1.82, 2.24) is 25.1 Å². The van der Waals surface area contributed by atoms with Gasteiger partial charge in [0, 0.05) is 32.7 Å². The quantitative estimate of drug-likeness (QED) is 0.802. The van der Waals surface area contributed by atoms with E-state index >= 15 is 0 Å². The number of aryl methyl sites for hydroxylation is 2. The fourth-order valence-electron chi connectivity index (χ4n) is 3.61. The fraction of sp³-hybridized carbons (Fsp3) is 0.611. The molecule has 0 atom stereocenters. The minimum Gasteiger partial charge on any atom is -0.364 e. The Hall–Kier alpha value is -1.57. The van der Waals surface area contributed by atoms with Crippen LogP contribution >= 0.6 is 24.8 Å². The molecule has 2 aromatic rings. The van der Waals surface area contributed by atoms with E-state index in [1.165, 1.54) is 29.8 Å². The molecule has 1 aliphatic carbocycles. The summed E-state index contributed by atoms with van der Waals surface area (Å²) < 4.78 is 2.14. The standard InChI is InChI=1S/C18H27N7.2ClH/c1-24(2)18-21-16-7-4-3-6-15(16)17(22-18)20-11-13-10-14-12-19-8-5-9-25(14)23-13;;/h10,19H,3-9,11-12H2,1-2H3,(H,20,21,22);2*1H. The van der Waals surface area contributed by atoms with Crippen molar-refractivity contribution in [2.75, 3.05) is 30.9 Å². The molecule has 0 spiro atoms. The number of anilines is 2. The lowest BCUT2D eigenvalue weighted by Crippen LogP contribution is -2.19. The van der Waals surface area contributed by atoms with Crippen LogP contribution in [0.15, 0.2) is 6.07 Å². The van der Waals surface area contributed by atoms with Crippen LogP contribution in [0.5, 0.6) is 0 Å². The van der Waals surface area contributed by atoms with Crippen LogP contribution in [-0.2, 0) is 32.5 Å². The van der Waals surface area contributed by atoms with Crippen molar-refractivity contribution >= 4 is 36.6 Å². The van der Waals surface area contributed by atoms with Gasteiger partial charge in [-0.3, -0.25) is 4.68 Å². The monoisotopic (exact) mass is 413 g/mol. The smallest absolute Gasteiger partial charge is 0.227 e. The number of fused-ring (bicyclic) bond motifs is 2. The maximum atomic E-state index is 4.76. The average molecular weight is 414 g/mol. The summed E-state index contributed by atoms with van der Waals surface area (Å²) >= 11 is 0. The molecular weight excluding hydrogens is 385 g/mol. The molecule has 1 aliphatic heterocycles. The number of hydrogen-bond donors (Lipinski definition) is 2. The van der Waals surface area contributed by atoms with Crippen LogP contribution in [0.1, 0.15) is 41.9 Å². The van der Waals surface area contributed by atoms with E-state index in [9.17, 15) is 0 Å². The molecule has 0 radical (unpaired) electrons. The third kappa shape index (κ3) is 4.83. The first-order valence-electron chi connectivity index (χ1n) is 9.28. The van der Waals surface area contributed by atoms with Crippen molar-refractivity contribution in [2.45, 2.75) is 51.7 Å². The highest BCUT2D eigenvalue weighted by Crippen LogP contribution is 2.27. The maximum Gasteiger partial charge on any atom is 0.227 e. The summed E-state index contributed by atoms with van der Waals surface area (Å²) in [5.41, 5.74) is 4.85. The Kier molecular flexibility index (Phi) is 7.70. The number of aromatic nitrogens is 4. The zero-order valence-electron chi connectivity index (χ0n) is 16.0. The molecule has 27 heavy (non-hydrogen) atoms. The molecule has 0 unspecified atom stereocenters. The molecule has 3 heterocycles. The zero-order chi connectivity index (χ0) is 17.2. The Morgan fingerprint density at radius 3 is 2.78 bits per heavy atom. The first-order chi connectivity index (χ1) is 12.2. The van der Waals surface area contributed by atoms with Gasteiger partial charge in [0.2, 0.25) is 5.95 Å². The van der Waals surface area contributed by atoms with Crippen molar-refractivity contribution in [3.8, 4) is 0 Å². The number of halogens is 2. The van der Waals surface area contributed by atoms with Gasteiger partial charge in [-0.1, -0.05) is 0 Å². The van der Waals surface area contributed by atoms with E-state index in [1.54, 1.807) is 0 Å². The highest BCUT2D eigenvalue weighted by Gasteiger charge is 2.19. The molecule has 9 heteroatoms. The Labute approximate surface area is 173 Å². The number of rotatable bonds is 4. The molecule has 0 saturated heterocycles. The molecule has 2 N–H and O–H groups in total. The van der Waals surface area contributed by atoms with E-state index in [0.29, 0.717) is 6.54 Å². The van der Waals surface area contributed by atoms with Gasteiger partial charge in [-0.05, 0) is 44.7 Å². The maximum absolute atomic E-state index is 4.76. The zero-order valence-corrected chi connectivity index (χ0v) is 17.6. The van der Waals surface area contributed by atoms with Crippen LogP contribution in [0.25, 0.3) is 0 Å². The van der Waals surface area contributed by atoms with Crippen molar-refractivity contribution < 1.29 is 0 Å². The predicted octanol–water partition coefficient (Wildman–Crippen LogP) is 2.57. The lowest BCUT2D eigenvalue weighted by atomic mass is 9.96. The van der Waals surface area contributed by atoms with E-state index in [1.807, 2.05) is 19.0 Å². The van der Waals surface area contributed by atoms with E-state index in [-0.39, 0.29) is 24.8 Å². The second-order valence-corrected chi connectivity index (χ2v) is 7.13. The highest BCUT2D eigenvalue weighted by molar-refractivity contribution is 5.85. The molecule has 0 fully saturated rings. The van der Waals surface area contributed by atoms with Crippen molar-refractivity contribution in [3.05, 3.63) is 28.7 Å². The molecule has 4 rings (SSSR count). The SMILES string of the molecule is CN(C)c1nc2c(c(NCc3cc4n(n3)CCCNC4)n1)CCCC2.Cl.Cl. The normalized spacial score (nSPS) is 15.5. The van der Waals surface area contributed by atoms with Gasteiger partial charge in [-0.25, -0.2) is 4.98 Å². The van der Waals surface area contributed by atoms with Crippen LogP contribution in [0.2, 0.25) is 0 Å². The van der Waals surface area contributed by atoms with Crippen LogP contribution in [0.4, 0.5) is 11.8 Å². The van der Waals surface area contributed by atoms with E-state index in [2.05, 4.69) is 21.4 Å². The highest BCUT2D eigenvalue weighted by atomic mass is 35.5. The van der Waals surface area contributed by atoms with Crippen LogP contribution in [0.3, 0.4) is 0 Å². The van der Waals surface area contributed by atoms with E-state index in [4.69, 9.17) is 15.1 Å². The molecule has 0 saturated carbocycles. The van der Waals surface area contributed by atoms with E-state index < -0.39 is 0 Å². The summed E-state index contributed by atoms with van der Waals surface area (Å²) in [6.45, 7) is 3.67. The number of hydrogen-bond acceptors (Lipinski definition) is 6. The molecule has 2 aromatic heterocycles. The second-order valence-electron chi connectivity index (χ2n) is 7.13. The molecule has 0 amide bonds. The van der Waals surface area contributed by atoms with Gasteiger partial charge in [0.05, 0.1) is 23.6 Å². The largest absolute Gasteiger partial charge is 0.364 e. The fourth-order valence-corrected chi connectivity index (χ4v) is 3.61. The summed E-state index contributed by atoms with van der Waals surface area (Å²) in [4.78, 5) is 11.5. The van der Waals surface area contributed by atoms with Gasteiger partial charge in [0.25, 0.3) is 0 Å². The Bertz CT molecular complexity index is 737. The summed E-state index contributed by atoms with van der Waals surface area (Å²) in [5, 5.41) is 11.7. The van der Waals surface area contributed by atoms with Crippen molar-refractivity contribution in [1.29, 1.82) is 0 Å². The molecule has 0 aromatic carbocycles. The van der Waals surface area contributed by atoms with Gasteiger partial charge in [0.15, 0.2) is 0 Å². The Morgan fingerprint density at radius 1 is 1.15 bits per heavy atom. The third-order valence-corrected chi connectivity index (χ3v) is 4.95. The van der Waals surface area contributed by atoms with Gasteiger partial charge < -0.3 is 15.5 Å². The van der Waals surface area contributed by atoms with Crippen LogP contribution < -0.4 is 15.5 Å². The summed E-state index contributed by atoms with van der Waals surface area (Å²) in [6.07, 6.45) is 5.69. The predicted molar refractivity (Wildman–Crippen MR) is 113 cm³/mol. The summed E-state index contributed by atoms with van der Waals surface area (Å²) in [5.74, 6) is 1.77. The van der Waals surface area contributed by atoms with Crippen molar-refractivity contribution in [3.63, 3.8) is 0 Å². The van der Waals surface area contributed by atoms with Gasteiger partial charge in [-0.15, -0.1) is 24.8 Å². The minimum absolute atomic E-state index is 0. The number of nitrogens with one attached hydrogen (secondary N) is 2. The molecule has 150 valence electrons. The molecular formula is C18H29Cl2N7. The summed E-state index contributed by atoms with van der Waals surface area (Å²) in [6, 6.07) is 2.20. The lowest BCUT2D eigenvalue weighted by Gasteiger charge is -2.21. The van der Waals surface area contributed by atoms with Gasteiger partial charge in [0.1, 0.15) is 5.82 Å².